The van der Waals surface area contributed by atoms with Gasteiger partial charge in [-0.15, -0.1) is 0 Å². The summed E-state index contributed by atoms with van der Waals surface area (Å²) in [4.78, 5) is 2.36. The average molecular weight is 748 g/mol. The SMILES string of the molecule is C1=CCCC(c2ccc(N(c3ccccc3)c3ccc(-c4cccc(-c5ccccc5[C@@H]5C(C6=CC=CCC6)C5C5=CC=C(c6ccccc6)CC5)c4)cc3)cc2)=C1. The van der Waals surface area contributed by atoms with Crippen molar-refractivity contribution in [2.75, 3.05) is 4.90 Å². The maximum Gasteiger partial charge on any atom is 0.0462 e. The topological polar surface area (TPSA) is 3.24 Å². The van der Waals surface area contributed by atoms with Crippen molar-refractivity contribution in [1.29, 1.82) is 0 Å². The fourth-order valence-corrected chi connectivity index (χ4v) is 9.76. The van der Waals surface area contributed by atoms with Gasteiger partial charge in [0.2, 0.25) is 0 Å². The largest absolute Gasteiger partial charge is 0.311 e. The summed E-state index contributed by atoms with van der Waals surface area (Å²) in [7, 11) is 0. The van der Waals surface area contributed by atoms with Gasteiger partial charge in [0.15, 0.2) is 0 Å². The molecule has 0 radical (unpaired) electrons. The molecule has 10 rings (SSSR count). The molecule has 6 aromatic carbocycles. The van der Waals surface area contributed by atoms with Gasteiger partial charge in [0.1, 0.15) is 0 Å². The average Bonchev–Trinajstić information content (AvgIpc) is 4.07. The lowest BCUT2D eigenvalue weighted by molar-refractivity contribution is 0.766. The van der Waals surface area contributed by atoms with E-state index in [1.165, 1.54) is 56.5 Å². The molecule has 3 atom stereocenters. The predicted molar refractivity (Wildman–Crippen MR) is 246 cm³/mol. The van der Waals surface area contributed by atoms with Gasteiger partial charge in [-0.25, -0.2) is 0 Å². The van der Waals surface area contributed by atoms with Gasteiger partial charge >= 0.3 is 0 Å². The molecule has 0 aromatic heterocycles. The van der Waals surface area contributed by atoms with Gasteiger partial charge in [0.05, 0.1) is 0 Å². The third-order valence-corrected chi connectivity index (χ3v) is 12.7. The molecule has 0 heterocycles. The van der Waals surface area contributed by atoms with Crippen LogP contribution in [-0.2, 0) is 0 Å². The van der Waals surface area contributed by atoms with Crippen LogP contribution in [-0.4, -0.2) is 0 Å². The zero-order valence-corrected chi connectivity index (χ0v) is 33.1. The predicted octanol–water partition coefficient (Wildman–Crippen LogP) is 15.6. The van der Waals surface area contributed by atoms with Crippen LogP contribution in [0.25, 0.3) is 33.4 Å². The highest BCUT2D eigenvalue weighted by atomic mass is 15.1. The summed E-state index contributed by atoms with van der Waals surface area (Å²) in [5.41, 5.74) is 18.8. The zero-order chi connectivity index (χ0) is 38.7. The van der Waals surface area contributed by atoms with Gasteiger partial charge in [-0.3, -0.25) is 0 Å². The lowest BCUT2D eigenvalue weighted by Crippen LogP contribution is -2.09. The Kier molecular flexibility index (Phi) is 10.0. The highest BCUT2D eigenvalue weighted by molar-refractivity contribution is 5.81. The number of allylic oxidation sites excluding steroid dienone is 12. The van der Waals surface area contributed by atoms with Crippen molar-refractivity contribution in [1.82, 2.24) is 0 Å². The molecule has 0 spiro atoms. The minimum Gasteiger partial charge on any atom is -0.311 e. The molecule has 0 amide bonds. The Labute approximate surface area is 344 Å². The van der Waals surface area contributed by atoms with Gasteiger partial charge in [0, 0.05) is 17.1 Å². The van der Waals surface area contributed by atoms with Crippen molar-refractivity contribution in [2.24, 2.45) is 11.8 Å². The van der Waals surface area contributed by atoms with Crippen molar-refractivity contribution in [3.63, 3.8) is 0 Å². The molecule has 282 valence electrons. The number of para-hydroxylation sites is 1. The number of nitrogens with zero attached hydrogens (tertiary/aromatic N) is 1. The van der Waals surface area contributed by atoms with Crippen molar-refractivity contribution >= 4 is 28.2 Å². The van der Waals surface area contributed by atoms with Crippen molar-refractivity contribution in [3.05, 3.63) is 234 Å². The van der Waals surface area contributed by atoms with Crippen molar-refractivity contribution < 1.29 is 0 Å². The fourth-order valence-electron chi connectivity index (χ4n) is 9.76. The fraction of sp³-hybridized carbons (Fsp3) is 0.158. The summed E-state index contributed by atoms with van der Waals surface area (Å²) in [6, 6.07) is 58.2. The minimum absolute atomic E-state index is 0.490. The number of hydrogen-bond acceptors (Lipinski definition) is 1. The van der Waals surface area contributed by atoms with Crippen LogP contribution in [0, 0.1) is 11.8 Å². The summed E-state index contributed by atoms with van der Waals surface area (Å²) >= 11 is 0. The molecular weight excluding hydrogens is 699 g/mol. The number of rotatable bonds is 10. The van der Waals surface area contributed by atoms with Gasteiger partial charge in [-0.2, -0.15) is 0 Å². The Morgan fingerprint density at radius 3 is 1.60 bits per heavy atom. The molecule has 0 saturated heterocycles. The van der Waals surface area contributed by atoms with Crippen LogP contribution in [0.4, 0.5) is 17.1 Å². The van der Waals surface area contributed by atoms with E-state index in [1.807, 2.05) is 0 Å². The molecule has 1 heteroatoms. The Hall–Kier alpha value is -6.44. The van der Waals surface area contributed by atoms with E-state index in [9.17, 15) is 0 Å². The summed E-state index contributed by atoms with van der Waals surface area (Å²) in [5.74, 6) is 1.60. The van der Waals surface area contributed by atoms with Crippen LogP contribution in [0.2, 0.25) is 0 Å². The van der Waals surface area contributed by atoms with Crippen LogP contribution in [0.1, 0.15) is 61.1 Å². The highest BCUT2D eigenvalue weighted by Crippen LogP contribution is 2.64. The van der Waals surface area contributed by atoms with Crippen LogP contribution < -0.4 is 4.90 Å². The molecular formula is C57H49N. The first kappa shape index (κ1) is 35.9. The van der Waals surface area contributed by atoms with Crippen molar-refractivity contribution in [3.8, 4) is 22.3 Å². The molecule has 6 aromatic rings. The van der Waals surface area contributed by atoms with Gasteiger partial charge < -0.3 is 4.90 Å². The second-order valence-corrected chi connectivity index (χ2v) is 16.2. The molecule has 4 aliphatic carbocycles. The second-order valence-electron chi connectivity index (χ2n) is 16.2. The van der Waals surface area contributed by atoms with E-state index in [0.717, 1.165) is 49.2 Å². The van der Waals surface area contributed by atoms with E-state index in [-0.39, 0.29) is 0 Å². The van der Waals surface area contributed by atoms with Gasteiger partial charge in [-0.05, 0) is 149 Å². The van der Waals surface area contributed by atoms with E-state index in [1.54, 1.807) is 11.1 Å². The van der Waals surface area contributed by atoms with E-state index in [4.69, 9.17) is 0 Å². The van der Waals surface area contributed by atoms with E-state index in [2.05, 4.69) is 211 Å². The summed E-state index contributed by atoms with van der Waals surface area (Å²) in [6.45, 7) is 0. The third-order valence-electron chi connectivity index (χ3n) is 12.7. The maximum absolute atomic E-state index is 2.47. The lowest BCUT2D eigenvalue weighted by atomic mass is 9.88. The molecule has 1 fully saturated rings. The van der Waals surface area contributed by atoms with Crippen LogP contribution in [0.15, 0.2) is 217 Å². The molecule has 1 saturated carbocycles. The Bertz CT molecular complexity index is 2600. The number of hydrogen-bond donors (Lipinski definition) is 0. The molecule has 58 heavy (non-hydrogen) atoms. The molecule has 0 aliphatic heterocycles. The first-order chi connectivity index (χ1) is 28.8. The second kappa shape index (κ2) is 16.2. The smallest absolute Gasteiger partial charge is 0.0462 e. The van der Waals surface area contributed by atoms with Crippen LogP contribution in [0.5, 0.6) is 0 Å². The minimum atomic E-state index is 0.490. The van der Waals surface area contributed by atoms with E-state index in [0.29, 0.717) is 17.8 Å². The quantitative estimate of drug-likeness (QED) is 0.135. The number of anilines is 3. The Balaban J connectivity index is 0.947. The summed E-state index contributed by atoms with van der Waals surface area (Å²) < 4.78 is 0. The van der Waals surface area contributed by atoms with E-state index < -0.39 is 0 Å². The molecule has 0 bridgehead atoms. The Morgan fingerprint density at radius 2 is 0.931 bits per heavy atom. The van der Waals surface area contributed by atoms with Crippen LogP contribution >= 0.6 is 0 Å². The van der Waals surface area contributed by atoms with Crippen LogP contribution in [0.3, 0.4) is 0 Å². The molecule has 0 N–H and O–H groups in total. The highest BCUT2D eigenvalue weighted by Gasteiger charge is 2.54. The maximum atomic E-state index is 2.47. The summed E-state index contributed by atoms with van der Waals surface area (Å²) in [5, 5.41) is 0. The normalized spacial score (nSPS) is 19.8. The first-order valence-corrected chi connectivity index (χ1v) is 21.2. The van der Waals surface area contributed by atoms with Crippen molar-refractivity contribution in [2.45, 2.75) is 44.4 Å². The lowest BCUT2D eigenvalue weighted by Gasteiger charge is -2.26. The number of benzene rings is 6. The monoisotopic (exact) mass is 747 g/mol. The summed E-state index contributed by atoms with van der Waals surface area (Å²) in [6.07, 6.45) is 25.3. The van der Waals surface area contributed by atoms with Gasteiger partial charge in [-0.1, -0.05) is 175 Å². The molecule has 1 nitrogen and oxygen atoms in total. The third kappa shape index (κ3) is 7.30. The van der Waals surface area contributed by atoms with Gasteiger partial charge in [0.25, 0.3) is 0 Å². The Morgan fingerprint density at radius 1 is 0.362 bits per heavy atom. The molecule has 2 unspecified atom stereocenters. The van der Waals surface area contributed by atoms with E-state index >= 15 is 0 Å². The zero-order valence-electron chi connectivity index (χ0n) is 33.1. The first-order valence-electron chi connectivity index (χ1n) is 21.2. The molecule has 4 aliphatic rings. The standard InChI is InChI=1S/C57H49N/c1-5-16-41(17-6-1)43-28-30-47(31-29-43)56-55(46-20-9-3-10-21-46)57(56)54-27-14-13-26-53(54)49-23-15-22-48(40-49)45-34-38-52(39-35-45)58(50-24-11-4-12-25-50)51-36-32-44(33-37-51)42-18-7-2-8-19-42/h1-7,9,11-18,20,22-28,30,32-40,55-57H,8,10,19,21,29,31H2/t55?,56?,57-/m1/s1.